The van der Waals surface area contributed by atoms with Gasteiger partial charge in [-0.1, -0.05) is 18.2 Å². The van der Waals surface area contributed by atoms with Gasteiger partial charge in [-0.05, 0) is 19.1 Å². The third-order valence-corrected chi connectivity index (χ3v) is 2.82. The monoisotopic (exact) mass is 260 g/mol. The van der Waals surface area contributed by atoms with Crippen molar-refractivity contribution in [2.75, 3.05) is 5.73 Å². The summed E-state index contributed by atoms with van der Waals surface area (Å²) in [5.74, 6) is 1.26. The van der Waals surface area contributed by atoms with Crippen LogP contribution < -0.4 is 23.5 Å². The van der Waals surface area contributed by atoms with E-state index in [1.807, 2.05) is 30.4 Å². The Morgan fingerprint density at radius 3 is 2.56 bits per heavy atom. The molecule has 0 saturated carbocycles. The first-order valence-electron chi connectivity index (χ1n) is 5.50. The zero-order valence-corrected chi connectivity index (χ0v) is 10.6. The molecular formula is C13H13ClN4. The van der Waals surface area contributed by atoms with Crippen LogP contribution in [0, 0.1) is 6.92 Å². The van der Waals surface area contributed by atoms with Gasteiger partial charge in [0.05, 0.1) is 0 Å². The maximum atomic E-state index is 5.90. The molecule has 5 heteroatoms. The Balaban J connectivity index is 0.00000120. The normalized spacial score (nSPS) is 12.6. The molecule has 92 valence electrons. The van der Waals surface area contributed by atoms with Gasteiger partial charge in [0.15, 0.2) is 5.82 Å². The average molecular weight is 261 g/mol. The quantitative estimate of drug-likeness (QED) is 0.628. The summed E-state index contributed by atoms with van der Waals surface area (Å²) in [6, 6.07) is 10.2. The van der Waals surface area contributed by atoms with Crippen LogP contribution in [0.1, 0.15) is 17.1 Å². The third-order valence-electron chi connectivity index (χ3n) is 2.82. The van der Waals surface area contributed by atoms with Crippen molar-refractivity contribution < 1.29 is 17.7 Å². The molecule has 18 heavy (non-hydrogen) atoms. The van der Waals surface area contributed by atoms with Gasteiger partial charge >= 0.3 is 0 Å². The van der Waals surface area contributed by atoms with Crippen LogP contribution in [0.5, 0.6) is 0 Å². The zero-order valence-electron chi connectivity index (χ0n) is 9.89. The molecule has 0 unspecified atom stereocenters. The minimum absolute atomic E-state index is 0. The van der Waals surface area contributed by atoms with E-state index in [4.69, 9.17) is 5.73 Å². The van der Waals surface area contributed by atoms with Gasteiger partial charge in [0, 0.05) is 11.6 Å². The molecule has 2 heterocycles. The summed E-state index contributed by atoms with van der Waals surface area (Å²) in [6.07, 6.45) is 2.05. The number of nitrogens with zero attached hydrogens (tertiary/aromatic N) is 2. The summed E-state index contributed by atoms with van der Waals surface area (Å²) >= 11 is 0. The fourth-order valence-corrected chi connectivity index (χ4v) is 2.02. The summed E-state index contributed by atoms with van der Waals surface area (Å²) in [6.45, 7) is 1.85. The first-order chi connectivity index (χ1) is 8.24. The molecule has 4 N–H and O–H groups in total. The van der Waals surface area contributed by atoms with Crippen LogP contribution in [0.3, 0.4) is 0 Å². The molecule has 0 spiro atoms. The molecule has 0 radical (unpaired) electrons. The molecule has 0 saturated heterocycles. The maximum absolute atomic E-state index is 5.90. The first kappa shape index (κ1) is 12.5. The fraction of sp³-hybridized carbons (Fsp3) is 0.0769. The number of hydrogen-bond donors (Lipinski definition) is 2. The Kier molecular flexibility index (Phi) is 3.32. The number of quaternary nitrogens is 1. The Morgan fingerprint density at radius 1 is 1.11 bits per heavy atom. The highest BCUT2D eigenvalue weighted by Gasteiger charge is 2.23. The van der Waals surface area contributed by atoms with Crippen molar-refractivity contribution >= 4 is 23.3 Å². The molecule has 0 atom stereocenters. The van der Waals surface area contributed by atoms with Crippen molar-refractivity contribution in [3.8, 4) is 0 Å². The average Bonchev–Trinajstić information content (AvgIpc) is 2.74. The molecular weight excluding hydrogens is 248 g/mol. The molecule has 4 nitrogen and oxygen atoms in total. The van der Waals surface area contributed by atoms with Gasteiger partial charge in [-0.15, -0.1) is 0 Å². The summed E-state index contributed by atoms with van der Waals surface area (Å²) in [5, 5.41) is 2.04. The number of rotatable bonds is 1. The lowest BCUT2D eigenvalue weighted by molar-refractivity contribution is -0.464. The van der Waals surface area contributed by atoms with Crippen molar-refractivity contribution in [3.05, 3.63) is 47.4 Å². The third kappa shape index (κ3) is 2.08. The van der Waals surface area contributed by atoms with E-state index in [0.29, 0.717) is 11.6 Å². The molecule has 2 aromatic rings. The highest BCUT2D eigenvalue weighted by Crippen LogP contribution is 2.25. The predicted molar refractivity (Wildman–Crippen MR) is 67.1 cm³/mol. The molecule has 1 aromatic heterocycles. The van der Waals surface area contributed by atoms with E-state index in [1.54, 1.807) is 0 Å². The van der Waals surface area contributed by atoms with Crippen LogP contribution in [0.25, 0.3) is 11.8 Å². The highest BCUT2D eigenvalue weighted by atomic mass is 35.5. The number of nitrogens with two attached hydrogens (primary N) is 2. The van der Waals surface area contributed by atoms with Gasteiger partial charge in [-0.3, -0.25) is 5.32 Å². The minimum Gasteiger partial charge on any atom is -1.00 e. The van der Waals surface area contributed by atoms with Crippen molar-refractivity contribution in [1.29, 1.82) is 0 Å². The second-order valence-electron chi connectivity index (χ2n) is 4.07. The topological polar surface area (TPSA) is 68.4 Å². The van der Waals surface area contributed by atoms with Crippen LogP contribution in [0.4, 0.5) is 11.5 Å². The lowest BCUT2D eigenvalue weighted by Crippen LogP contribution is -3.00. The Morgan fingerprint density at radius 2 is 1.83 bits per heavy atom. The van der Waals surface area contributed by atoms with E-state index >= 15 is 0 Å². The second-order valence-corrected chi connectivity index (χ2v) is 4.07. The fourth-order valence-electron chi connectivity index (χ4n) is 2.02. The summed E-state index contributed by atoms with van der Waals surface area (Å²) in [7, 11) is 0. The summed E-state index contributed by atoms with van der Waals surface area (Å²) in [5.41, 5.74) is 10.0. The molecule has 3 rings (SSSR count). The van der Waals surface area contributed by atoms with Crippen LogP contribution in [-0.2, 0) is 0 Å². The molecule has 1 aliphatic rings. The number of aryl methyl sites for hydroxylation is 1. The summed E-state index contributed by atoms with van der Waals surface area (Å²) < 4.78 is 0. The highest BCUT2D eigenvalue weighted by molar-refractivity contribution is 5.85. The van der Waals surface area contributed by atoms with Crippen molar-refractivity contribution in [1.82, 2.24) is 9.97 Å². The van der Waals surface area contributed by atoms with E-state index in [2.05, 4.69) is 28.2 Å². The van der Waals surface area contributed by atoms with Crippen LogP contribution in [0.15, 0.2) is 30.3 Å². The SMILES string of the molecule is Cc1nc(N)c2c(n1)C=C(c1ccccc1)[NH2+]2.[Cl-]. The van der Waals surface area contributed by atoms with Crippen molar-refractivity contribution in [2.24, 2.45) is 0 Å². The zero-order chi connectivity index (χ0) is 11.8. The van der Waals surface area contributed by atoms with E-state index in [-0.39, 0.29) is 12.4 Å². The Hall–Kier alpha value is -1.91. The number of aromatic nitrogens is 2. The van der Waals surface area contributed by atoms with E-state index in [9.17, 15) is 0 Å². The molecule has 0 aliphatic carbocycles. The van der Waals surface area contributed by atoms with Gasteiger partial charge in [0.1, 0.15) is 17.2 Å². The number of anilines is 1. The molecule has 0 fully saturated rings. The molecule has 0 amide bonds. The standard InChI is InChI=1S/C13H12N4.ClH/c1-8-15-11-7-10(9-5-3-2-4-6-9)17-12(11)13(14)16-8;/h2-7,17H,1H3,(H2,14,15,16);1H. The molecule has 0 bridgehead atoms. The van der Waals surface area contributed by atoms with Gasteiger partial charge in [0.25, 0.3) is 0 Å². The minimum atomic E-state index is 0. The van der Waals surface area contributed by atoms with E-state index < -0.39 is 0 Å². The van der Waals surface area contributed by atoms with Crippen LogP contribution in [-0.4, -0.2) is 9.97 Å². The van der Waals surface area contributed by atoms with E-state index in [0.717, 1.165) is 17.1 Å². The Labute approximate surface area is 111 Å². The maximum Gasteiger partial charge on any atom is 0.203 e. The van der Waals surface area contributed by atoms with Crippen LogP contribution >= 0.6 is 0 Å². The van der Waals surface area contributed by atoms with E-state index in [1.165, 1.54) is 5.56 Å². The molecule has 1 aliphatic heterocycles. The Bertz CT molecular complexity index is 608. The van der Waals surface area contributed by atoms with Gasteiger partial charge in [0.2, 0.25) is 5.69 Å². The number of benzene rings is 1. The second kappa shape index (κ2) is 4.76. The van der Waals surface area contributed by atoms with Crippen LogP contribution in [0.2, 0.25) is 0 Å². The number of hydrogen-bond acceptors (Lipinski definition) is 3. The largest absolute Gasteiger partial charge is 1.00 e. The van der Waals surface area contributed by atoms with Crippen molar-refractivity contribution in [3.63, 3.8) is 0 Å². The lowest BCUT2D eigenvalue weighted by atomic mass is 10.1. The lowest BCUT2D eigenvalue weighted by Gasteiger charge is -2.01. The van der Waals surface area contributed by atoms with Gasteiger partial charge in [-0.25, -0.2) is 9.97 Å². The first-order valence-corrected chi connectivity index (χ1v) is 5.50. The number of fused-ring (bicyclic) bond motifs is 1. The van der Waals surface area contributed by atoms with Gasteiger partial charge < -0.3 is 18.1 Å². The number of halogens is 1. The molecule has 1 aromatic carbocycles. The van der Waals surface area contributed by atoms with Crippen molar-refractivity contribution in [2.45, 2.75) is 6.92 Å². The van der Waals surface area contributed by atoms with Gasteiger partial charge in [-0.2, -0.15) is 0 Å². The number of nitrogen functional groups attached to an aromatic ring is 1. The smallest absolute Gasteiger partial charge is 0.203 e. The predicted octanol–water partition coefficient (Wildman–Crippen LogP) is -1.92. The summed E-state index contributed by atoms with van der Waals surface area (Å²) in [4.78, 5) is 8.57.